The van der Waals surface area contributed by atoms with Gasteiger partial charge in [0.2, 0.25) is 0 Å². The first-order valence-electron chi connectivity index (χ1n) is 7.29. The Morgan fingerprint density at radius 2 is 2.12 bits per heavy atom. The predicted octanol–water partition coefficient (Wildman–Crippen LogP) is 1.45. The molecule has 1 aliphatic heterocycles. The molecule has 4 unspecified atom stereocenters. The molecular formula is C14H28N2O. The van der Waals surface area contributed by atoms with Gasteiger partial charge in [-0.2, -0.15) is 0 Å². The van der Waals surface area contributed by atoms with E-state index in [1.165, 1.54) is 38.8 Å². The Labute approximate surface area is 105 Å². The third-order valence-corrected chi connectivity index (χ3v) is 4.84. The fraction of sp³-hybridized carbons (Fsp3) is 1.00. The van der Waals surface area contributed by atoms with E-state index in [9.17, 15) is 0 Å². The lowest BCUT2D eigenvalue weighted by Gasteiger charge is -2.40. The lowest BCUT2D eigenvalue weighted by molar-refractivity contribution is 0.102. The molecule has 2 rings (SSSR count). The molecule has 0 aromatic rings. The van der Waals surface area contributed by atoms with Crippen LogP contribution in [-0.2, 0) is 0 Å². The number of rotatable bonds is 4. The zero-order valence-corrected chi connectivity index (χ0v) is 11.1. The van der Waals surface area contributed by atoms with Gasteiger partial charge in [-0.1, -0.05) is 13.3 Å². The van der Waals surface area contributed by atoms with E-state index in [-0.39, 0.29) is 0 Å². The molecule has 4 atom stereocenters. The van der Waals surface area contributed by atoms with Gasteiger partial charge in [-0.05, 0) is 56.5 Å². The standard InChI is InChI=1S/C14H28N2O/c1-11-2-3-13(9-15)14(8-11)16-6-4-12(10-16)5-7-17/h11-14,17H,2-10,15H2,1H3. The summed E-state index contributed by atoms with van der Waals surface area (Å²) in [7, 11) is 0. The molecule has 0 aromatic carbocycles. The van der Waals surface area contributed by atoms with Crippen LogP contribution in [-0.4, -0.2) is 42.3 Å². The molecule has 3 heteroatoms. The summed E-state index contributed by atoms with van der Waals surface area (Å²) in [6, 6.07) is 0.715. The van der Waals surface area contributed by atoms with Crippen LogP contribution in [0.1, 0.15) is 39.0 Å². The van der Waals surface area contributed by atoms with Crippen LogP contribution in [0.25, 0.3) is 0 Å². The first kappa shape index (κ1) is 13.3. The van der Waals surface area contributed by atoms with Crippen LogP contribution >= 0.6 is 0 Å². The zero-order valence-electron chi connectivity index (χ0n) is 11.1. The topological polar surface area (TPSA) is 49.5 Å². The van der Waals surface area contributed by atoms with Gasteiger partial charge in [0.1, 0.15) is 0 Å². The van der Waals surface area contributed by atoms with E-state index in [2.05, 4.69) is 11.8 Å². The molecule has 2 aliphatic rings. The van der Waals surface area contributed by atoms with E-state index < -0.39 is 0 Å². The van der Waals surface area contributed by atoms with Gasteiger partial charge in [0.05, 0.1) is 0 Å². The molecule has 0 aromatic heterocycles. The fourth-order valence-corrected chi connectivity index (χ4v) is 3.72. The Bertz CT molecular complexity index is 234. The first-order chi connectivity index (χ1) is 8.24. The number of nitrogens with two attached hydrogens (primary N) is 1. The van der Waals surface area contributed by atoms with Crippen molar-refractivity contribution in [3.63, 3.8) is 0 Å². The van der Waals surface area contributed by atoms with Gasteiger partial charge in [0.25, 0.3) is 0 Å². The number of likely N-dealkylation sites (tertiary alicyclic amines) is 1. The molecule has 100 valence electrons. The van der Waals surface area contributed by atoms with Crippen LogP contribution < -0.4 is 5.73 Å². The minimum absolute atomic E-state index is 0.347. The Hall–Kier alpha value is -0.120. The van der Waals surface area contributed by atoms with E-state index >= 15 is 0 Å². The lowest BCUT2D eigenvalue weighted by atomic mass is 9.78. The molecule has 2 fully saturated rings. The molecule has 1 aliphatic carbocycles. The van der Waals surface area contributed by atoms with Gasteiger partial charge >= 0.3 is 0 Å². The zero-order chi connectivity index (χ0) is 12.3. The second kappa shape index (κ2) is 6.17. The fourth-order valence-electron chi connectivity index (χ4n) is 3.72. The molecule has 0 radical (unpaired) electrons. The third kappa shape index (κ3) is 3.21. The monoisotopic (exact) mass is 240 g/mol. The molecule has 1 heterocycles. The summed E-state index contributed by atoms with van der Waals surface area (Å²) in [5.74, 6) is 2.29. The van der Waals surface area contributed by atoms with Crippen LogP contribution in [0.4, 0.5) is 0 Å². The minimum atomic E-state index is 0.347. The Morgan fingerprint density at radius 3 is 2.82 bits per heavy atom. The van der Waals surface area contributed by atoms with Crippen LogP contribution in [0.3, 0.4) is 0 Å². The second-order valence-electron chi connectivity index (χ2n) is 6.14. The third-order valence-electron chi connectivity index (χ3n) is 4.84. The maximum atomic E-state index is 9.02. The number of aliphatic hydroxyl groups is 1. The van der Waals surface area contributed by atoms with Crippen molar-refractivity contribution in [2.75, 3.05) is 26.2 Å². The van der Waals surface area contributed by atoms with Crippen LogP contribution in [0, 0.1) is 17.8 Å². The SMILES string of the molecule is CC1CCC(CN)C(N2CCC(CCO)C2)C1. The largest absolute Gasteiger partial charge is 0.396 e. The smallest absolute Gasteiger partial charge is 0.0434 e. The second-order valence-corrected chi connectivity index (χ2v) is 6.14. The van der Waals surface area contributed by atoms with Gasteiger partial charge < -0.3 is 10.8 Å². The summed E-state index contributed by atoms with van der Waals surface area (Å²) in [6.45, 7) is 5.98. The highest BCUT2D eigenvalue weighted by atomic mass is 16.3. The molecule has 1 saturated heterocycles. The maximum Gasteiger partial charge on any atom is 0.0434 e. The van der Waals surface area contributed by atoms with Crippen molar-refractivity contribution >= 4 is 0 Å². The number of nitrogens with zero attached hydrogens (tertiary/aromatic N) is 1. The van der Waals surface area contributed by atoms with Crippen molar-refractivity contribution < 1.29 is 5.11 Å². The molecular weight excluding hydrogens is 212 g/mol. The highest BCUT2D eigenvalue weighted by Gasteiger charge is 2.35. The average Bonchev–Trinajstić information content (AvgIpc) is 2.78. The van der Waals surface area contributed by atoms with Gasteiger partial charge in [0, 0.05) is 19.2 Å². The highest BCUT2D eigenvalue weighted by Crippen LogP contribution is 2.34. The predicted molar refractivity (Wildman–Crippen MR) is 70.7 cm³/mol. The van der Waals surface area contributed by atoms with Gasteiger partial charge in [0.15, 0.2) is 0 Å². The van der Waals surface area contributed by atoms with E-state index in [1.54, 1.807) is 0 Å². The van der Waals surface area contributed by atoms with E-state index in [0.717, 1.165) is 24.8 Å². The number of hydrogen-bond acceptors (Lipinski definition) is 3. The van der Waals surface area contributed by atoms with Gasteiger partial charge in [-0.3, -0.25) is 4.90 Å². The van der Waals surface area contributed by atoms with Crippen LogP contribution in [0.15, 0.2) is 0 Å². The summed E-state index contributed by atoms with van der Waals surface area (Å²) in [5, 5.41) is 9.02. The molecule has 1 saturated carbocycles. The van der Waals surface area contributed by atoms with Crippen LogP contribution in [0.2, 0.25) is 0 Å². The van der Waals surface area contributed by atoms with Gasteiger partial charge in [-0.15, -0.1) is 0 Å². The summed E-state index contributed by atoms with van der Waals surface area (Å²) < 4.78 is 0. The lowest BCUT2D eigenvalue weighted by Crippen LogP contribution is -2.45. The van der Waals surface area contributed by atoms with Crippen molar-refractivity contribution in [2.24, 2.45) is 23.5 Å². The number of hydrogen-bond donors (Lipinski definition) is 2. The summed E-state index contributed by atoms with van der Waals surface area (Å²) in [6.07, 6.45) is 6.23. The molecule has 3 nitrogen and oxygen atoms in total. The van der Waals surface area contributed by atoms with E-state index in [0.29, 0.717) is 18.6 Å². The Balaban J connectivity index is 1.91. The summed E-state index contributed by atoms with van der Waals surface area (Å²) in [5.41, 5.74) is 5.93. The Morgan fingerprint density at radius 1 is 1.29 bits per heavy atom. The van der Waals surface area contributed by atoms with Crippen molar-refractivity contribution in [3.05, 3.63) is 0 Å². The minimum Gasteiger partial charge on any atom is -0.396 e. The van der Waals surface area contributed by atoms with E-state index in [1.807, 2.05) is 0 Å². The van der Waals surface area contributed by atoms with Crippen molar-refractivity contribution in [2.45, 2.75) is 45.1 Å². The van der Waals surface area contributed by atoms with Gasteiger partial charge in [-0.25, -0.2) is 0 Å². The molecule has 3 N–H and O–H groups in total. The molecule has 17 heavy (non-hydrogen) atoms. The summed E-state index contributed by atoms with van der Waals surface area (Å²) >= 11 is 0. The molecule has 0 spiro atoms. The van der Waals surface area contributed by atoms with Crippen molar-refractivity contribution in [1.82, 2.24) is 4.90 Å². The summed E-state index contributed by atoms with van der Waals surface area (Å²) in [4.78, 5) is 2.66. The van der Waals surface area contributed by atoms with E-state index in [4.69, 9.17) is 10.8 Å². The maximum absolute atomic E-state index is 9.02. The van der Waals surface area contributed by atoms with Crippen molar-refractivity contribution in [1.29, 1.82) is 0 Å². The normalized spacial score (nSPS) is 39.7. The van der Waals surface area contributed by atoms with Crippen molar-refractivity contribution in [3.8, 4) is 0 Å². The average molecular weight is 240 g/mol. The van der Waals surface area contributed by atoms with Crippen LogP contribution in [0.5, 0.6) is 0 Å². The quantitative estimate of drug-likeness (QED) is 0.782. The first-order valence-corrected chi connectivity index (χ1v) is 7.29. The number of aliphatic hydroxyl groups excluding tert-OH is 1. The molecule has 0 amide bonds. The Kier molecular flexibility index (Phi) is 4.83. The highest BCUT2D eigenvalue weighted by molar-refractivity contribution is 4.90. The molecule has 0 bridgehead atoms.